The summed E-state index contributed by atoms with van der Waals surface area (Å²) in [5, 5.41) is 49.5. The van der Waals surface area contributed by atoms with E-state index in [0.29, 0.717) is 31.4 Å². The van der Waals surface area contributed by atoms with E-state index in [9.17, 15) is 91.7 Å². The largest absolute Gasteiger partial charge is 0.481 e. The van der Waals surface area contributed by atoms with E-state index in [1.807, 2.05) is 0 Å². The molecule has 0 aromatic carbocycles. The maximum Gasteiger partial charge on any atom is 0.303 e. The molecule has 44 heteroatoms. The number of thioether (sulfide) groups is 1. The number of aliphatic imine (C=N–C) groups is 2. The molecule has 2 fully saturated rings. The predicted molar refractivity (Wildman–Crippen MR) is 401 cm³/mol. The molecule has 612 valence electrons. The Morgan fingerprint density at radius 3 is 1.39 bits per heavy atom. The normalized spacial score (nSPS) is 16.9. The van der Waals surface area contributed by atoms with E-state index in [2.05, 4.69) is 86.4 Å². The number of aliphatic carboxylic acids is 1. The number of likely N-dealkylation sites (N-methyl/N-ethyl adjacent to an activating group) is 1. The maximum atomic E-state index is 14.3. The second kappa shape index (κ2) is 51.6. The smallest absolute Gasteiger partial charge is 0.303 e. The van der Waals surface area contributed by atoms with Gasteiger partial charge in [-0.3, -0.25) is 86.7 Å². The highest BCUT2D eigenvalue weighted by Gasteiger charge is 2.43. The third-order valence-corrected chi connectivity index (χ3v) is 17.8. The summed E-state index contributed by atoms with van der Waals surface area (Å²) in [6, 6.07) is -19.6. The van der Waals surface area contributed by atoms with Crippen molar-refractivity contribution in [2.24, 2.45) is 50.1 Å². The van der Waals surface area contributed by atoms with Crippen LogP contribution < -0.4 is 104 Å². The van der Waals surface area contributed by atoms with Crippen molar-refractivity contribution in [3.05, 3.63) is 0 Å². The van der Waals surface area contributed by atoms with Crippen molar-refractivity contribution in [3.63, 3.8) is 0 Å². The number of nitrogens with two attached hydrogens (primary N) is 7. The van der Waals surface area contributed by atoms with Gasteiger partial charge in [0.25, 0.3) is 0 Å². The highest BCUT2D eigenvalue weighted by atomic mass is 32.2. The van der Waals surface area contributed by atoms with Crippen LogP contribution in [0.4, 0.5) is 0 Å². The maximum absolute atomic E-state index is 14.3. The van der Waals surface area contributed by atoms with Gasteiger partial charge in [-0.05, 0) is 130 Å². The number of carbonyl (C=O) groups is 17. The summed E-state index contributed by atoms with van der Waals surface area (Å²) in [4.78, 5) is 237. The number of rotatable bonds is 50. The number of hydrogen-bond acceptors (Lipinski definition) is 24. The number of guanidine groups is 2. The van der Waals surface area contributed by atoms with Gasteiger partial charge in [0.05, 0.1) is 31.5 Å². The molecule has 14 atom stereocenters. The fourth-order valence-corrected chi connectivity index (χ4v) is 11.8. The number of aldehydes is 1. The summed E-state index contributed by atoms with van der Waals surface area (Å²) in [7, 11) is 1.48. The number of thiol groups is 1. The van der Waals surface area contributed by atoms with Crippen LogP contribution in [0.3, 0.4) is 0 Å². The average Bonchev–Trinajstić information content (AvgIpc) is 1.66. The number of unbranched alkanes of at least 4 members (excludes halogenated alkanes) is 1. The van der Waals surface area contributed by atoms with E-state index in [1.165, 1.54) is 44.5 Å². The van der Waals surface area contributed by atoms with Gasteiger partial charge < -0.3 is 129 Å². The number of aliphatic hydroxyl groups excluding tert-OH is 1. The molecule has 42 nitrogen and oxygen atoms in total. The first-order chi connectivity index (χ1) is 50.1. The van der Waals surface area contributed by atoms with Crippen molar-refractivity contribution in [1.82, 2.24) is 73.6 Å². The predicted octanol–water partition coefficient (Wildman–Crippen LogP) is -9.05. The van der Waals surface area contributed by atoms with E-state index < -0.39 is 211 Å². The monoisotopic (exact) mass is 1570 g/mol. The molecule has 0 radical (unpaired) electrons. The van der Waals surface area contributed by atoms with Crippen LogP contribution in [0.1, 0.15) is 138 Å². The molecular weight excluding hydrogens is 1460 g/mol. The number of nitrogens with one attached hydrogen (secondary N) is 12. The zero-order valence-corrected chi connectivity index (χ0v) is 61.9. The lowest BCUT2D eigenvalue weighted by Gasteiger charge is -2.30. The number of carboxylic acids is 1. The molecular formula is C64H115N23O19S2. The summed E-state index contributed by atoms with van der Waals surface area (Å²) >= 11 is 5.37. The van der Waals surface area contributed by atoms with Gasteiger partial charge in [0, 0.05) is 38.4 Å². The molecule has 2 unspecified atom stereocenters. The molecule has 2 rings (SSSR count). The first kappa shape index (κ1) is 98.3. The van der Waals surface area contributed by atoms with Crippen LogP contribution in [0.2, 0.25) is 0 Å². The van der Waals surface area contributed by atoms with E-state index in [4.69, 9.17) is 40.1 Å². The Morgan fingerprint density at radius 2 is 0.907 bits per heavy atom. The molecule has 0 aliphatic carbocycles. The molecule has 108 heavy (non-hydrogen) atoms. The number of carboxylic acid groups (broad SMARTS) is 1. The highest BCUT2D eigenvalue weighted by Crippen LogP contribution is 2.22. The second-order valence-electron chi connectivity index (χ2n) is 25.2. The fraction of sp³-hybridized carbons (Fsp3) is 0.703. The number of primary amides is 2. The molecule has 2 aliphatic rings. The Labute approximate surface area is 637 Å². The minimum atomic E-state index is -1.91. The van der Waals surface area contributed by atoms with Crippen LogP contribution in [0, 0.1) is 0 Å². The number of likely N-dealkylation sites (tertiary alicyclic amines) is 2. The third-order valence-electron chi connectivity index (χ3n) is 16.8. The van der Waals surface area contributed by atoms with Gasteiger partial charge in [0.1, 0.15) is 78.8 Å². The van der Waals surface area contributed by atoms with Crippen LogP contribution in [-0.2, 0) is 81.5 Å². The Kier molecular flexibility index (Phi) is 46.9. The van der Waals surface area contributed by atoms with Crippen molar-refractivity contribution in [2.75, 3.05) is 64.1 Å². The molecule has 0 spiro atoms. The van der Waals surface area contributed by atoms with E-state index in [-0.39, 0.29) is 123 Å². The van der Waals surface area contributed by atoms with Gasteiger partial charge in [-0.2, -0.15) is 24.4 Å². The fourth-order valence-electron chi connectivity index (χ4n) is 11.0. The first-order valence-electron chi connectivity index (χ1n) is 34.5. The van der Waals surface area contributed by atoms with Crippen molar-refractivity contribution in [1.29, 1.82) is 0 Å². The number of hydrogen-bond donors (Lipinski definition) is 22. The summed E-state index contributed by atoms with van der Waals surface area (Å²) < 4.78 is 0. The van der Waals surface area contributed by atoms with Crippen LogP contribution in [0.15, 0.2) is 9.98 Å². The summed E-state index contributed by atoms with van der Waals surface area (Å²) in [5.41, 5.74) is 38.3. The Hall–Kier alpha value is -9.69. The summed E-state index contributed by atoms with van der Waals surface area (Å²) in [6.07, 6.45) is 1.17. The Morgan fingerprint density at radius 1 is 0.500 bits per heavy atom. The molecule has 0 aromatic rings. The van der Waals surface area contributed by atoms with Crippen molar-refractivity contribution < 1.29 is 91.7 Å². The molecule has 2 heterocycles. The van der Waals surface area contributed by atoms with E-state index >= 15 is 0 Å². The molecule has 0 aromatic heterocycles. The number of amides is 15. The Bertz CT molecular complexity index is 3130. The average molecular weight is 1570 g/mol. The van der Waals surface area contributed by atoms with Gasteiger partial charge in [-0.25, -0.2) is 0 Å². The SMILES string of the molecule is C.C.CN[C@@H](CS)C(=O)N[C@@H](C)C(=O)N[C@@H](CC(N)=O)C(=O)N[C@@H](CO)C(=O)N[C@@H](CC(N)=O)C(=O)N1CCC[C@H]1C(=O)N[C@@H](C)C(=O)N[C@@H](CCSC)C(=O)NC(C)C(=O)N1CCC[C@H]1C(=O)N[C@@H](CCCN=C(N)N)C(=O)NC(CCC(=O)O)C(=O)N[C@@H](CCCN=C(N)N)C(=O)N[C@H](C=O)CCCCN. The molecule has 2 aliphatic heterocycles. The minimum absolute atomic E-state index is 0. The molecule has 28 N–H and O–H groups in total. The zero-order valence-electron chi connectivity index (χ0n) is 60.2. The number of aliphatic hydroxyl groups is 1. The molecule has 2 saturated heterocycles. The lowest BCUT2D eigenvalue weighted by Crippen LogP contribution is -2.61. The zero-order chi connectivity index (χ0) is 79.9. The summed E-state index contributed by atoms with van der Waals surface area (Å²) in [5.74, 6) is -15.8. The third kappa shape index (κ3) is 34.9. The van der Waals surface area contributed by atoms with Crippen LogP contribution >= 0.6 is 24.4 Å². The van der Waals surface area contributed by atoms with Gasteiger partial charge >= 0.3 is 5.97 Å². The van der Waals surface area contributed by atoms with Gasteiger partial charge in [0.15, 0.2) is 11.9 Å². The Balaban J connectivity index is 0.0000572. The van der Waals surface area contributed by atoms with Gasteiger partial charge in [-0.15, -0.1) is 0 Å². The lowest BCUT2D eigenvalue weighted by atomic mass is 10.0. The van der Waals surface area contributed by atoms with Crippen molar-refractivity contribution in [2.45, 2.75) is 223 Å². The standard InChI is InChI=1S/C62H107N23O19S2.2CH4/c1-31(73-56(100)42(30-105)70-4)49(93)81-39(26-45(64)88)54(98)83-41(29-87)55(99)82-40(27-46(65)89)60(104)85-24-11-15-43(85)57(101)74-32(2)48(92)77-38(19-25-106-5)50(94)75-33(3)59(103)84-23-10-16-44(84)58(102)80-36(14-9-22-72-62(68)69)52(96)79-37(17-18-47(90)91)53(97)78-35(13-8-21-71-61(66)67)51(95)76-34(28-86)12-6-7-20-63;;/h28,31-44,70,87,105H,6-27,29-30,63H2,1-5H3,(H2,64,88)(H2,65,89)(H,73,100)(H,74,101)(H,75,94)(H,76,95)(H,77,92)(H,78,97)(H,79,96)(H,80,102)(H,81,93)(H,82,99)(H,83,98)(H,90,91)(H4,66,67,71)(H4,68,69,72);2*1H4/t31-,32-,33?,34-,35-,36-,37?,38-,39-,40-,41-,42-,43-,44-;;/m0../s1. The van der Waals surface area contributed by atoms with Crippen molar-refractivity contribution in [3.8, 4) is 0 Å². The number of carbonyl (C=O) groups excluding carboxylic acids is 16. The van der Waals surface area contributed by atoms with Crippen LogP contribution in [0.5, 0.6) is 0 Å². The summed E-state index contributed by atoms with van der Waals surface area (Å²) in [6.45, 7) is 2.95. The first-order valence-corrected chi connectivity index (χ1v) is 36.5. The van der Waals surface area contributed by atoms with E-state index in [0.717, 1.165) is 4.90 Å². The topological polar surface area (TPSA) is 688 Å². The molecule has 0 bridgehead atoms. The minimum Gasteiger partial charge on any atom is -0.481 e. The van der Waals surface area contributed by atoms with Crippen LogP contribution in [-0.4, -0.2) is 282 Å². The quantitative estimate of drug-likeness (QED) is 0.00884. The van der Waals surface area contributed by atoms with Gasteiger partial charge in [0.2, 0.25) is 88.6 Å². The van der Waals surface area contributed by atoms with Crippen LogP contribution in [0.25, 0.3) is 0 Å². The van der Waals surface area contributed by atoms with E-state index in [1.54, 1.807) is 6.26 Å². The van der Waals surface area contributed by atoms with Gasteiger partial charge in [-0.1, -0.05) is 14.9 Å². The second-order valence-corrected chi connectivity index (χ2v) is 26.5. The van der Waals surface area contributed by atoms with Crippen molar-refractivity contribution >= 4 is 137 Å². The number of nitrogens with zero attached hydrogens (tertiary/aromatic N) is 4. The molecule has 15 amide bonds. The highest BCUT2D eigenvalue weighted by molar-refractivity contribution is 7.98. The molecule has 0 saturated carbocycles. The lowest BCUT2D eigenvalue weighted by molar-refractivity contribution is -0.143.